The van der Waals surface area contributed by atoms with Gasteiger partial charge in [0.25, 0.3) is 0 Å². The summed E-state index contributed by atoms with van der Waals surface area (Å²) in [6, 6.07) is 5.70. The molecule has 0 bridgehead atoms. The zero-order chi connectivity index (χ0) is 12.5. The Morgan fingerprint density at radius 3 is 2.88 bits per heavy atom. The van der Waals surface area contributed by atoms with Crippen molar-refractivity contribution in [1.29, 1.82) is 0 Å². The Balaban J connectivity index is 2.47. The molecule has 0 radical (unpaired) electrons. The van der Waals surface area contributed by atoms with Crippen LogP contribution in [-0.2, 0) is 0 Å². The number of aromatic nitrogens is 1. The van der Waals surface area contributed by atoms with Gasteiger partial charge in [-0.15, -0.1) is 0 Å². The summed E-state index contributed by atoms with van der Waals surface area (Å²) in [4.78, 5) is 4.33. The van der Waals surface area contributed by atoms with Gasteiger partial charge in [-0.1, -0.05) is 19.4 Å². The van der Waals surface area contributed by atoms with Gasteiger partial charge in [0.2, 0.25) is 5.88 Å². The fourth-order valence-electron chi connectivity index (χ4n) is 1.62. The van der Waals surface area contributed by atoms with Crippen molar-refractivity contribution in [2.45, 2.75) is 26.7 Å². The molecule has 2 N–H and O–H groups in total. The predicted octanol–water partition coefficient (Wildman–Crippen LogP) is 2.30. The van der Waals surface area contributed by atoms with Crippen molar-refractivity contribution in [3.63, 3.8) is 0 Å². The highest BCUT2D eigenvalue weighted by atomic mass is 16.5. The maximum absolute atomic E-state index is 8.92. The van der Waals surface area contributed by atoms with Crippen LogP contribution in [0.1, 0.15) is 26.7 Å². The average molecular weight is 238 g/mol. The molecular formula is C13H22N2O2. The molecule has 1 rings (SSSR count). The molecule has 1 heterocycles. The Morgan fingerprint density at radius 1 is 1.41 bits per heavy atom. The highest BCUT2D eigenvalue weighted by Gasteiger charge is 2.06. The standard InChI is InChI=1S/C13H22N2O2/c1-3-11(8-9-16)10-14-12-6-5-7-13(15-12)17-4-2/h5-7,11,16H,3-4,8-10H2,1-2H3,(H,14,15). The molecule has 0 fully saturated rings. The number of pyridine rings is 1. The minimum atomic E-state index is 0.243. The van der Waals surface area contributed by atoms with E-state index in [1.807, 2.05) is 25.1 Å². The number of nitrogens with one attached hydrogen (secondary N) is 1. The number of ether oxygens (including phenoxy) is 1. The van der Waals surface area contributed by atoms with E-state index < -0.39 is 0 Å². The fraction of sp³-hybridized carbons (Fsp3) is 0.615. The van der Waals surface area contributed by atoms with E-state index in [1.165, 1.54) is 0 Å². The molecule has 17 heavy (non-hydrogen) atoms. The van der Waals surface area contributed by atoms with E-state index in [0.717, 1.165) is 25.2 Å². The molecule has 0 aliphatic heterocycles. The number of hydrogen-bond acceptors (Lipinski definition) is 4. The highest BCUT2D eigenvalue weighted by Crippen LogP contribution is 2.13. The minimum absolute atomic E-state index is 0.243. The first-order chi connectivity index (χ1) is 8.30. The zero-order valence-electron chi connectivity index (χ0n) is 10.6. The first-order valence-corrected chi connectivity index (χ1v) is 6.24. The quantitative estimate of drug-likeness (QED) is 0.729. The Bertz CT molecular complexity index is 318. The SMILES string of the molecule is CCOc1cccc(NCC(CC)CCO)n1. The van der Waals surface area contributed by atoms with E-state index in [1.54, 1.807) is 0 Å². The second kappa shape index (κ2) is 7.90. The summed E-state index contributed by atoms with van der Waals surface area (Å²) in [5.41, 5.74) is 0. The number of rotatable bonds is 8. The molecule has 1 unspecified atom stereocenters. The first kappa shape index (κ1) is 13.8. The zero-order valence-corrected chi connectivity index (χ0v) is 10.6. The van der Waals surface area contributed by atoms with Gasteiger partial charge in [0.1, 0.15) is 5.82 Å². The van der Waals surface area contributed by atoms with Crippen LogP contribution in [0.3, 0.4) is 0 Å². The molecular weight excluding hydrogens is 216 g/mol. The van der Waals surface area contributed by atoms with Crippen LogP contribution in [0.2, 0.25) is 0 Å². The molecule has 0 amide bonds. The Kier molecular flexibility index (Phi) is 6.40. The van der Waals surface area contributed by atoms with Crippen LogP contribution in [0.25, 0.3) is 0 Å². The van der Waals surface area contributed by atoms with Crippen LogP contribution in [0, 0.1) is 5.92 Å². The summed E-state index contributed by atoms with van der Waals surface area (Å²) in [6.45, 7) is 5.77. The maximum Gasteiger partial charge on any atom is 0.215 e. The molecule has 4 heteroatoms. The highest BCUT2D eigenvalue weighted by molar-refractivity contribution is 5.37. The summed E-state index contributed by atoms with van der Waals surface area (Å²) in [5.74, 6) is 1.96. The van der Waals surface area contributed by atoms with Crippen LogP contribution >= 0.6 is 0 Å². The molecule has 4 nitrogen and oxygen atoms in total. The average Bonchev–Trinajstić information content (AvgIpc) is 2.35. The largest absolute Gasteiger partial charge is 0.478 e. The summed E-state index contributed by atoms with van der Waals surface area (Å²) in [5, 5.41) is 12.2. The molecule has 96 valence electrons. The van der Waals surface area contributed by atoms with E-state index in [0.29, 0.717) is 18.4 Å². The first-order valence-electron chi connectivity index (χ1n) is 6.24. The second-order valence-corrected chi connectivity index (χ2v) is 3.96. The number of hydrogen-bond donors (Lipinski definition) is 2. The van der Waals surface area contributed by atoms with E-state index in [-0.39, 0.29) is 6.61 Å². The van der Waals surface area contributed by atoms with Crippen LogP contribution in [0.4, 0.5) is 5.82 Å². The lowest BCUT2D eigenvalue weighted by molar-refractivity contribution is 0.258. The van der Waals surface area contributed by atoms with Crippen LogP contribution < -0.4 is 10.1 Å². The number of nitrogens with zero attached hydrogens (tertiary/aromatic N) is 1. The van der Waals surface area contributed by atoms with Crippen molar-refractivity contribution >= 4 is 5.82 Å². The molecule has 0 aromatic carbocycles. The maximum atomic E-state index is 8.92. The van der Waals surface area contributed by atoms with E-state index in [4.69, 9.17) is 9.84 Å². The van der Waals surface area contributed by atoms with Crippen molar-refractivity contribution in [2.75, 3.05) is 25.1 Å². The summed E-state index contributed by atoms with van der Waals surface area (Å²) in [7, 11) is 0. The molecule has 1 aromatic heterocycles. The van der Waals surface area contributed by atoms with Gasteiger partial charge in [0.15, 0.2) is 0 Å². The van der Waals surface area contributed by atoms with Crippen molar-refractivity contribution < 1.29 is 9.84 Å². The Morgan fingerprint density at radius 2 is 2.24 bits per heavy atom. The fourth-order valence-corrected chi connectivity index (χ4v) is 1.62. The smallest absolute Gasteiger partial charge is 0.215 e. The van der Waals surface area contributed by atoms with Gasteiger partial charge in [-0.25, -0.2) is 0 Å². The van der Waals surface area contributed by atoms with Crippen LogP contribution in [0.5, 0.6) is 5.88 Å². The number of aliphatic hydroxyl groups excluding tert-OH is 1. The van der Waals surface area contributed by atoms with Crippen molar-refractivity contribution in [3.8, 4) is 5.88 Å². The third kappa shape index (κ3) is 5.04. The second-order valence-electron chi connectivity index (χ2n) is 3.96. The Hall–Kier alpha value is -1.29. The van der Waals surface area contributed by atoms with Gasteiger partial charge < -0.3 is 15.2 Å². The van der Waals surface area contributed by atoms with Crippen molar-refractivity contribution in [2.24, 2.45) is 5.92 Å². The monoisotopic (exact) mass is 238 g/mol. The lowest BCUT2D eigenvalue weighted by Crippen LogP contribution is -2.15. The third-order valence-electron chi connectivity index (χ3n) is 2.70. The number of anilines is 1. The molecule has 0 saturated heterocycles. The van der Waals surface area contributed by atoms with E-state index in [9.17, 15) is 0 Å². The van der Waals surface area contributed by atoms with Crippen molar-refractivity contribution in [3.05, 3.63) is 18.2 Å². The number of aliphatic hydroxyl groups is 1. The van der Waals surface area contributed by atoms with E-state index in [2.05, 4.69) is 17.2 Å². The lowest BCUT2D eigenvalue weighted by Gasteiger charge is -2.15. The third-order valence-corrected chi connectivity index (χ3v) is 2.70. The summed E-state index contributed by atoms with van der Waals surface area (Å²) < 4.78 is 5.34. The minimum Gasteiger partial charge on any atom is -0.478 e. The molecule has 0 spiro atoms. The topological polar surface area (TPSA) is 54.4 Å². The van der Waals surface area contributed by atoms with Gasteiger partial charge in [-0.2, -0.15) is 4.98 Å². The molecule has 1 atom stereocenters. The molecule has 0 aliphatic carbocycles. The molecule has 0 saturated carbocycles. The van der Waals surface area contributed by atoms with Gasteiger partial charge >= 0.3 is 0 Å². The van der Waals surface area contributed by atoms with Crippen LogP contribution in [-0.4, -0.2) is 29.8 Å². The van der Waals surface area contributed by atoms with Gasteiger partial charge in [0.05, 0.1) is 6.61 Å². The predicted molar refractivity (Wildman–Crippen MR) is 69.4 cm³/mol. The molecule has 0 aliphatic rings. The summed E-state index contributed by atoms with van der Waals surface area (Å²) in [6.07, 6.45) is 1.88. The van der Waals surface area contributed by atoms with Crippen LogP contribution in [0.15, 0.2) is 18.2 Å². The van der Waals surface area contributed by atoms with Crippen molar-refractivity contribution in [1.82, 2.24) is 4.98 Å². The Labute approximate surface area is 103 Å². The normalized spacial score (nSPS) is 12.2. The van der Waals surface area contributed by atoms with Gasteiger partial charge in [-0.3, -0.25) is 0 Å². The lowest BCUT2D eigenvalue weighted by atomic mass is 10.0. The van der Waals surface area contributed by atoms with Gasteiger partial charge in [-0.05, 0) is 25.3 Å². The molecule has 1 aromatic rings. The summed E-state index contributed by atoms with van der Waals surface area (Å²) >= 11 is 0. The van der Waals surface area contributed by atoms with E-state index >= 15 is 0 Å². The van der Waals surface area contributed by atoms with Gasteiger partial charge in [0, 0.05) is 19.2 Å².